The van der Waals surface area contributed by atoms with Gasteiger partial charge in [-0.3, -0.25) is 4.79 Å². The molecule has 1 rings (SSSR count). The topological polar surface area (TPSA) is 68.0 Å². The predicted molar refractivity (Wildman–Crippen MR) is 66.4 cm³/mol. The van der Waals surface area contributed by atoms with E-state index in [4.69, 9.17) is 5.73 Å². The van der Waals surface area contributed by atoms with Gasteiger partial charge in [-0.05, 0) is 20.3 Å². The van der Waals surface area contributed by atoms with Gasteiger partial charge in [-0.1, -0.05) is 6.92 Å². The average molecular weight is 241 g/mol. The molecule has 0 radical (unpaired) electrons. The van der Waals surface area contributed by atoms with Crippen molar-refractivity contribution in [1.29, 1.82) is 0 Å². The SMILES string of the molecule is CCC(C)(N)C(=O)NCCc1nc(C)cs1. The van der Waals surface area contributed by atoms with Crippen molar-refractivity contribution in [2.75, 3.05) is 6.54 Å². The van der Waals surface area contributed by atoms with Gasteiger partial charge in [-0.2, -0.15) is 0 Å². The molecule has 0 aromatic carbocycles. The van der Waals surface area contributed by atoms with Gasteiger partial charge in [0.2, 0.25) is 5.91 Å². The third-order valence-corrected chi connectivity index (χ3v) is 3.57. The third kappa shape index (κ3) is 3.57. The summed E-state index contributed by atoms with van der Waals surface area (Å²) in [6, 6.07) is 0. The van der Waals surface area contributed by atoms with E-state index >= 15 is 0 Å². The smallest absolute Gasteiger partial charge is 0.239 e. The molecule has 5 heteroatoms. The molecule has 90 valence electrons. The lowest BCUT2D eigenvalue weighted by Gasteiger charge is -2.21. The molecule has 0 aliphatic carbocycles. The zero-order valence-electron chi connectivity index (χ0n) is 10.0. The molecular formula is C11H19N3OS. The highest BCUT2D eigenvalue weighted by molar-refractivity contribution is 7.09. The third-order valence-electron chi connectivity index (χ3n) is 2.54. The summed E-state index contributed by atoms with van der Waals surface area (Å²) in [7, 11) is 0. The lowest BCUT2D eigenvalue weighted by molar-refractivity contribution is -0.125. The van der Waals surface area contributed by atoms with Gasteiger partial charge in [0.1, 0.15) is 0 Å². The normalized spacial score (nSPS) is 14.5. The van der Waals surface area contributed by atoms with E-state index in [9.17, 15) is 4.79 Å². The van der Waals surface area contributed by atoms with Crippen molar-refractivity contribution in [3.8, 4) is 0 Å². The van der Waals surface area contributed by atoms with Crippen LogP contribution in [-0.2, 0) is 11.2 Å². The van der Waals surface area contributed by atoms with Gasteiger partial charge in [0.05, 0.1) is 10.5 Å². The molecule has 1 unspecified atom stereocenters. The van der Waals surface area contributed by atoms with Crippen molar-refractivity contribution < 1.29 is 4.79 Å². The monoisotopic (exact) mass is 241 g/mol. The quantitative estimate of drug-likeness (QED) is 0.815. The van der Waals surface area contributed by atoms with Gasteiger partial charge in [-0.15, -0.1) is 11.3 Å². The van der Waals surface area contributed by atoms with Gasteiger partial charge in [-0.25, -0.2) is 4.98 Å². The van der Waals surface area contributed by atoms with Crippen LogP contribution in [0.15, 0.2) is 5.38 Å². The minimum Gasteiger partial charge on any atom is -0.354 e. The first-order chi connectivity index (χ1) is 7.45. The molecule has 0 fully saturated rings. The highest BCUT2D eigenvalue weighted by Gasteiger charge is 2.25. The zero-order valence-corrected chi connectivity index (χ0v) is 10.9. The van der Waals surface area contributed by atoms with E-state index in [1.807, 2.05) is 19.2 Å². The van der Waals surface area contributed by atoms with E-state index in [1.165, 1.54) is 0 Å². The first-order valence-electron chi connectivity index (χ1n) is 5.44. The Morgan fingerprint density at radius 3 is 2.88 bits per heavy atom. The summed E-state index contributed by atoms with van der Waals surface area (Å²) in [6.07, 6.45) is 1.40. The predicted octanol–water partition coefficient (Wildman–Crippen LogP) is 1.24. The number of aryl methyl sites for hydroxylation is 1. The number of aromatic nitrogens is 1. The molecular weight excluding hydrogens is 222 g/mol. The number of rotatable bonds is 5. The maximum absolute atomic E-state index is 11.6. The first-order valence-corrected chi connectivity index (χ1v) is 6.32. The molecule has 4 nitrogen and oxygen atoms in total. The van der Waals surface area contributed by atoms with Crippen LogP contribution in [0.3, 0.4) is 0 Å². The second kappa shape index (κ2) is 5.41. The van der Waals surface area contributed by atoms with Crippen LogP contribution in [0.25, 0.3) is 0 Å². The van der Waals surface area contributed by atoms with Crippen LogP contribution in [-0.4, -0.2) is 23.0 Å². The summed E-state index contributed by atoms with van der Waals surface area (Å²) in [5, 5.41) is 5.89. The highest BCUT2D eigenvalue weighted by Crippen LogP contribution is 2.09. The number of hydrogen-bond acceptors (Lipinski definition) is 4. The maximum atomic E-state index is 11.6. The molecule has 0 aliphatic rings. The fraction of sp³-hybridized carbons (Fsp3) is 0.636. The van der Waals surface area contributed by atoms with Gasteiger partial charge < -0.3 is 11.1 Å². The number of carbonyl (C=O) groups excluding carboxylic acids is 1. The number of hydrogen-bond donors (Lipinski definition) is 2. The molecule has 1 aromatic heterocycles. The van der Waals surface area contributed by atoms with Gasteiger partial charge in [0.25, 0.3) is 0 Å². The zero-order chi connectivity index (χ0) is 12.2. The average Bonchev–Trinajstić information content (AvgIpc) is 2.64. The van der Waals surface area contributed by atoms with Crippen molar-refractivity contribution >= 4 is 17.2 Å². The molecule has 0 saturated carbocycles. The largest absolute Gasteiger partial charge is 0.354 e. The molecule has 1 atom stereocenters. The minimum absolute atomic E-state index is 0.0942. The molecule has 0 saturated heterocycles. The molecule has 0 spiro atoms. The van der Waals surface area contributed by atoms with Crippen molar-refractivity contribution in [2.45, 2.75) is 39.2 Å². The van der Waals surface area contributed by atoms with Crippen LogP contribution >= 0.6 is 11.3 Å². The van der Waals surface area contributed by atoms with E-state index in [1.54, 1.807) is 18.3 Å². The molecule has 1 heterocycles. The van der Waals surface area contributed by atoms with Crippen molar-refractivity contribution in [1.82, 2.24) is 10.3 Å². The Kier molecular flexibility index (Phi) is 4.44. The van der Waals surface area contributed by atoms with E-state index in [2.05, 4.69) is 10.3 Å². The van der Waals surface area contributed by atoms with Crippen LogP contribution < -0.4 is 11.1 Å². The van der Waals surface area contributed by atoms with Gasteiger partial charge in [0.15, 0.2) is 0 Å². The first kappa shape index (κ1) is 13.1. The maximum Gasteiger partial charge on any atom is 0.239 e. The van der Waals surface area contributed by atoms with Crippen LogP contribution in [0.4, 0.5) is 0 Å². The van der Waals surface area contributed by atoms with Gasteiger partial charge in [0, 0.05) is 24.0 Å². The fourth-order valence-corrected chi connectivity index (χ4v) is 1.94. The molecule has 16 heavy (non-hydrogen) atoms. The molecule has 0 aliphatic heterocycles. The Bertz CT molecular complexity index is 360. The second-order valence-corrected chi connectivity index (χ2v) is 5.10. The summed E-state index contributed by atoms with van der Waals surface area (Å²) in [5.41, 5.74) is 6.08. The lowest BCUT2D eigenvalue weighted by Crippen LogP contribution is -2.51. The molecule has 1 amide bonds. The van der Waals surface area contributed by atoms with Crippen molar-refractivity contribution in [3.63, 3.8) is 0 Å². The Morgan fingerprint density at radius 1 is 1.69 bits per heavy atom. The summed E-state index contributed by atoms with van der Waals surface area (Å²) >= 11 is 1.62. The van der Waals surface area contributed by atoms with Crippen LogP contribution in [0.1, 0.15) is 31.0 Å². The van der Waals surface area contributed by atoms with Crippen molar-refractivity contribution in [2.24, 2.45) is 5.73 Å². The number of nitrogens with zero attached hydrogens (tertiary/aromatic N) is 1. The highest BCUT2D eigenvalue weighted by atomic mass is 32.1. The van der Waals surface area contributed by atoms with Crippen LogP contribution in [0.2, 0.25) is 0 Å². The standard InChI is InChI=1S/C11H19N3OS/c1-4-11(3,12)10(15)13-6-5-9-14-8(2)7-16-9/h7H,4-6,12H2,1-3H3,(H,13,15). The summed E-state index contributed by atoms with van der Waals surface area (Å²) in [6.45, 7) is 6.21. The van der Waals surface area contributed by atoms with Crippen LogP contribution in [0, 0.1) is 6.92 Å². The van der Waals surface area contributed by atoms with E-state index in [-0.39, 0.29) is 5.91 Å². The number of thiazole rings is 1. The summed E-state index contributed by atoms with van der Waals surface area (Å²) < 4.78 is 0. The number of amides is 1. The molecule has 1 aromatic rings. The van der Waals surface area contributed by atoms with E-state index in [0.717, 1.165) is 17.1 Å². The number of carbonyl (C=O) groups is 1. The summed E-state index contributed by atoms with van der Waals surface area (Å²) in [4.78, 5) is 16.0. The van der Waals surface area contributed by atoms with E-state index < -0.39 is 5.54 Å². The van der Waals surface area contributed by atoms with Gasteiger partial charge >= 0.3 is 0 Å². The Labute approximate surface area is 100 Å². The Morgan fingerprint density at radius 2 is 2.38 bits per heavy atom. The fourth-order valence-electron chi connectivity index (χ4n) is 1.16. The second-order valence-electron chi connectivity index (χ2n) is 4.16. The molecule has 0 bridgehead atoms. The van der Waals surface area contributed by atoms with Crippen LogP contribution in [0.5, 0.6) is 0 Å². The molecule has 3 N–H and O–H groups in total. The minimum atomic E-state index is -0.765. The Hall–Kier alpha value is -0.940. The Balaban J connectivity index is 2.33. The summed E-state index contributed by atoms with van der Waals surface area (Å²) in [5.74, 6) is -0.0942. The van der Waals surface area contributed by atoms with Crippen molar-refractivity contribution in [3.05, 3.63) is 16.1 Å². The number of nitrogens with two attached hydrogens (primary N) is 1. The lowest BCUT2D eigenvalue weighted by atomic mass is 10.00. The van der Waals surface area contributed by atoms with E-state index in [0.29, 0.717) is 13.0 Å². The number of nitrogens with one attached hydrogen (secondary N) is 1.